The normalized spacial score (nSPS) is 17.4. The van der Waals surface area contributed by atoms with E-state index in [1.807, 2.05) is 0 Å². The van der Waals surface area contributed by atoms with Crippen LogP contribution >= 0.6 is 0 Å². The molecule has 0 bridgehead atoms. The summed E-state index contributed by atoms with van der Waals surface area (Å²) in [6, 6.07) is 2.75. The maximum absolute atomic E-state index is 9.85. The number of hydrogen-bond acceptors (Lipinski definition) is 5. The van der Waals surface area contributed by atoms with Crippen LogP contribution in [0.4, 0.5) is 0 Å². The minimum atomic E-state index is -1.01. The van der Waals surface area contributed by atoms with Gasteiger partial charge in [-0.1, -0.05) is 0 Å². The molecular weight excluding hydrogens is 224 g/mol. The predicted molar refractivity (Wildman–Crippen MR) is 61.5 cm³/mol. The van der Waals surface area contributed by atoms with Gasteiger partial charge in [-0.15, -0.1) is 0 Å². The first-order valence-electron chi connectivity index (χ1n) is 5.10. The summed E-state index contributed by atoms with van der Waals surface area (Å²) in [6.07, 6.45) is 0. The average molecular weight is 238 g/mol. The van der Waals surface area contributed by atoms with Crippen molar-refractivity contribution in [2.45, 2.75) is 19.4 Å². The minimum Gasteiger partial charge on any atom is -0.505 e. The average Bonchev–Trinajstić information content (AvgIpc) is 2.27. The standard InChI is InChI=1S/C12H14O5/c1-12(2)11(15)10(14)6-4-7(13)9(16-3)5-8(6)17-12/h4-5,13-15H,1-3H3. The summed E-state index contributed by atoms with van der Waals surface area (Å²) in [6.45, 7) is 3.25. The Bertz CT molecular complexity index is 502. The number of benzene rings is 1. The van der Waals surface area contributed by atoms with E-state index in [0.29, 0.717) is 5.75 Å². The zero-order valence-electron chi connectivity index (χ0n) is 9.81. The Hall–Kier alpha value is -2.04. The molecule has 1 aliphatic rings. The molecule has 1 aromatic carbocycles. The highest BCUT2D eigenvalue weighted by molar-refractivity contribution is 5.72. The Labute approximate surface area is 98.5 Å². The number of hydrogen-bond donors (Lipinski definition) is 3. The number of aliphatic hydroxyl groups excluding tert-OH is 2. The van der Waals surface area contributed by atoms with E-state index in [0.717, 1.165) is 0 Å². The Kier molecular flexibility index (Phi) is 2.34. The van der Waals surface area contributed by atoms with Gasteiger partial charge in [-0.2, -0.15) is 0 Å². The third kappa shape index (κ3) is 1.63. The van der Waals surface area contributed by atoms with Crippen molar-refractivity contribution < 1.29 is 24.8 Å². The van der Waals surface area contributed by atoms with Crippen LogP contribution in [-0.2, 0) is 0 Å². The van der Waals surface area contributed by atoms with Crippen LogP contribution in [-0.4, -0.2) is 28.0 Å². The van der Waals surface area contributed by atoms with Gasteiger partial charge in [-0.05, 0) is 19.9 Å². The molecule has 3 N–H and O–H groups in total. The van der Waals surface area contributed by atoms with E-state index >= 15 is 0 Å². The molecule has 0 unspecified atom stereocenters. The van der Waals surface area contributed by atoms with Crippen molar-refractivity contribution in [3.05, 3.63) is 23.5 Å². The second kappa shape index (κ2) is 3.48. The first-order valence-corrected chi connectivity index (χ1v) is 5.10. The lowest BCUT2D eigenvalue weighted by Crippen LogP contribution is -2.34. The van der Waals surface area contributed by atoms with Crippen LogP contribution in [0.5, 0.6) is 17.2 Å². The molecule has 0 aromatic heterocycles. The predicted octanol–water partition coefficient (Wildman–Crippen LogP) is 2.36. The van der Waals surface area contributed by atoms with Gasteiger partial charge in [0.05, 0.1) is 12.7 Å². The summed E-state index contributed by atoms with van der Waals surface area (Å²) < 4.78 is 10.5. The molecule has 5 heteroatoms. The van der Waals surface area contributed by atoms with E-state index in [9.17, 15) is 15.3 Å². The molecule has 0 saturated carbocycles. The first kappa shape index (κ1) is 11.4. The highest BCUT2D eigenvalue weighted by atomic mass is 16.5. The van der Waals surface area contributed by atoms with Crippen LogP contribution in [0.3, 0.4) is 0 Å². The van der Waals surface area contributed by atoms with Crippen LogP contribution < -0.4 is 9.47 Å². The fraction of sp³-hybridized carbons (Fsp3) is 0.333. The van der Waals surface area contributed by atoms with Crippen molar-refractivity contribution >= 4 is 5.76 Å². The smallest absolute Gasteiger partial charge is 0.178 e. The summed E-state index contributed by atoms with van der Waals surface area (Å²) in [5, 5.41) is 29.2. The molecule has 92 valence electrons. The lowest BCUT2D eigenvalue weighted by molar-refractivity contribution is 0.0854. The minimum absolute atomic E-state index is 0.131. The van der Waals surface area contributed by atoms with Crippen molar-refractivity contribution in [3.63, 3.8) is 0 Å². The van der Waals surface area contributed by atoms with Crippen LogP contribution in [0.2, 0.25) is 0 Å². The van der Waals surface area contributed by atoms with E-state index in [1.54, 1.807) is 13.8 Å². The molecule has 0 atom stereocenters. The van der Waals surface area contributed by atoms with Gasteiger partial charge < -0.3 is 24.8 Å². The van der Waals surface area contributed by atoms with E-state index in [4.69, 9.17) is 9.47 Å². The van der Waals surface area contributed by atoms with Crippen LogP contribution in [0.1, 0.15) is 19.4 Å². The maximum atomic E-state index is 9.85. The zero-order chi connectivity index (χ0) is 12.8. The number of fused-ring (bicyclic) bond motifs is 1. The number of phenols is 1. The van der Waals surface area contributed by atoms with Gasteiger partial charge in [0.2, 0.25) is 0 Å². The van der Waals surface area contributed by atoms with Crippen molar-refractivity contribution in [2.75, 3.05) is 7.11 Å². The third-order valence-corrected chi connectivity index (χ3v) is 2.70. The second-order valence-electron chi connectivity index (χ2n) is 4.33. The van der Waals surface area contributed by atoms with E-state index < -0.39 is 5.60 Å². The summed E-state index contributed by atoms with van der Waals surface area (Å²) in [5.41, 5.74) is -0.779. The zero-order valence-corrected chi connectivity index (χ0v) is 9.81. The number of methoxy groups -OCH3 is 1. The topological polar surface area (TPSA) is 79.2 Å². The Morgan fingerprint density at radius 3 is 2.41 bits per heavy atom. The van der Waals surface area contributed by atoms with Gasteiger partial charge in [-0.25, -0.2) is 0 Å². The summed E-state index contributed by atoms with van der Waals surface area (Å²) in [4.78, 5) is 0. The quantitative estimate of drug-likeness (QED) is 0.699. The molecular formula is C12H14O5. The highest BCUT2D eigenvalue weighted by Crippen LogP contribution is 2.43. The first-order chi connectivity index (χ1) is 7.86. The Morgan fingerprint density at radius 2 is 1.82 bits per heavy atom. The molecule has 0 saturated heterocycles. The summed E-state index contributed by atoms with van der Waals surface area (Å²) >= 11 is 0. The van der Waals surface area contributed by atoms with Crippen LogP contribution in [0.25, 0.3) is 5.76 Å². The van der Waals surface area contributed by atoms with Gasteiger partial charge in [0.15, 0.2) is 28.6 Å². The number of aromatic hydroxyl groups is 1. The Morgan fingerprint density at radius 1 is 1.18 bits per heavy atom. The van der Waals surface area contributed by atoms with Gasteiger partial charge in [0.25, 0.3) is 0 Å². The lowest BCUT2D eigenvalue weighted by atomic mass is 9.98. The van der Waals surface area contributed by atoms with Crippen molar-refractivity contribution in [2.24, 2.45) is 0 Å². The molecule has 1 aromatic rings. The Balaban J connectivity index is 2.65. The van der Waals surface area contributed by atoms with E-state index in [2.05, 4.69) is 0 Å². The largest absolute Gasteiger partial charge is 0.505 e. The van der Waals surface area contributed by atoms with Crippen molar-refractivity contribution in [1.29, 1.82) is 0 Å². The molecule has 0 radical (unpaired) electrons. The van der Waals surface area contributed by atoms with Gasteiger partial charge in [-0.3, -0.25) is 0 Å². The van der Waals surface area contributed by atoms with Crippen molar-refractivity contribution in [1.82, 2.24) is 0 Å². The second-order valence-corrected chi connectivity index (χ2v) is 4.33. The molecule has 0 spiro atoms. The van der Waals surface area contributed by atoms with Crippen molar-refractivity contribution in [3.8, 4) is 17.2 Å². The fourth-order valence-corrected chi connectivity index (χ4v) is 1.72. The highest BCUT2D eigenvalue weighted by Gasteiger charge is 2.36. The molecule has 17 heavy (non-hydrogen) atoms. The van der Waals surface area contributed by atoms with Crippen LogP contribution in [0, 0.1) is 0 Å². The van der Waals surface area contributed by atoms with Crippen LogP contribution in [0.15, 0.2) is 17.9 Å². The molecule has 5 nitrogen and oxygen atoms in total. The monoisotopic (exact) mass is 238 g/mol. The third-order valence-electron chi connectivity index (χ3n) is 2.70. The molecule has 1 aliphatic heterocycles. The number of rotatable bonds is 1. The maximum Gasteiger partial charge on any atom is 0.178 e. The number of aliphatic hydroxyl groups is 2. The SMILES string of the molecule is COc1cc2c(cc1O)C(O)=C(O)C(C)(C)O2. The molecule has 2 rings (SSSR count). The van der Waals surface area contributed by atoms with Gasteiger partial charge in [0, 0.05) is 6.07 Å². The van der Waals surface area contributed by atoms with E-state index in [-0.39, 0.29) is 28.6 Å². The molecule has 0 amide bonds. The fourth-order valence-electron chi connectivity index (χ4n) is 1.72. The van der Waals surface area contributed by atoms with Gasteiger partial charge in [0.1, 0.15) is 5.75 Å². The molecule has 0 aliphatic carbocycles. The molecule has 0 fully saturated rings. The molecule has 1 heterocycles. The summed E-state index contributed by atoms with van der Waals surface area (Å²) in [7, 11) is 1.42. The van der Waals surface area contributed by atoms with Gasteiger partial charge >= 0.3 is 0 Å². The number of ether oxygens (including phenoxy) is 2. The lowest BCUT2D eigenvalue weighted by Gasteiger charge is -2.31. The number of phenolic OH excluding ortho intramolecular Hbond substituents is 1. The van der Waals surface area contributed by atoms with E-state index in [1.165, 1.54) is 19.2 Å². The summed E-state index contributed by atoms with van der Waals surface area (Å²) in [5.74, 6) is -0.105.